The Morgan fingerprint density at radius 2 is 1.54 bits per heavy atom. The smallest absolute Gasteiger partial charge is 0.321 e. The van der Waals surface area contributed by atoms with Gasteiger partial charge in [0.1, 0.15) is 5.82 Å². The minimum absolute atomic E-state index is 0.0445. The van der Waals surface area contributed by atoms with Crippen molar-refractivity contribution in [2.45, 2.75) is 12.8 Å². The molecule has 1 fully saturated rings. The Hall–Kier alpha value is -2.89. The van der Waals surface area contributed by atoms with Gasteiger partial charge in [-0.05, 0) is 30.2 Å². The monoisotopic (exact) mass is 355 g/mol. The first-order chi connectivity index (χ1) is 12.6. The van der Waals surface area contributed by atoms with Crippen LogP contribution in [0, 0.1) is 5.82 Å². The maximum absolute atomic E-state index is 13.7. The number of urea groups is 1. The molecule has 0 atom stereocenters. The van der Waals surface area contributed by atoms with Crippen molar-refractivity contribution >= 4 is 17.6 Å². The van der Waals surface area contributed by atoms with Crippen molar-refractivity contribution in [1.29, 1.82) is 0 Å². The summed E-state index contributed by atoms with van der Waals surface area (Å²) in [6, 6.07) is 15.4. The minimum Gasteiger partial charge on any atom is -0.341 e. The molecule has 1 N–H and O–H groups in total. The van der Waals surface area contributed by atoms with Gasteiger partial charge >= 0.3 is 6.03 Å². The number of para-hydroxylation sites is 1. The standard InChI is InChI=1S/C20H22FN3O2/c21-18-10-5-4-7-16(18)15-19(25)23-11-6-12-24(14-13-23)20(26)22-17-8-2-1-3-9-17/h1-5,7-10H,6,11-15H2,(H,22,26). The number of nitrogens with one attached hydrogen (secondary N) is 1. The summed E-state index contributed by atoms with van der Waals surface area (Å²) in [4.78, 5) is 28.3. The molecule has 3 rings (SSSR count). The number of hydrogen-bond acceptors (Lipinski definition) is 2. The van der Waals surface area contributed by atoms with Gasteiger partial charge in [0, 0.05) is 31.9 Å². The second-order valence-corrected chi connectivity index (χ2v) is 6.29. The molecule has 3 amide bonds. The predicted octanol–water partition coefficient (Wildman–Crippen LogP) is 3.13. The van der Waals surface area contributed by atoms with Crippen LogP contribution in [0.2, 0.25) is 0 Å². The lowest BCUT2D eigenvalue weighted by Gasteiger charge is -2.22. The van der Waals surface area contributed by atoms with Crippen molar-refractivity contribution in [3.05, 3.63) is 66.0 Å². The number of amides is 3. The highest BCUT2D eigenvalue weighted by atomic mass is 19.1. The second-order valence-electron chi connectivity index (χ2n) is 6.29. The van der Waals surface area contributed by atoms with Crippen molar-refractivity contribution in [1.82, 2.24) is 9.80 Å². The first kappa shape index (κ1) is 17.9. The highest BCUT2D eigenvalue weighted by molar-refractivity contribution is 5.89. The number of anilines is 1. The quantitative estimate of drug-likeness (QED) is 0.920. The molecule has 0 unspecified atom stereocenters. The number of rotatable bonds is 3. The maximum atomic E-state index is 13.7. The number of hydrogen-bond donors (Lipinski definition) is 1. The van der Waals surface area contributed by atoms with Gasteiger partial charge in [-0.1, -0.05) is 36.4 Å². The Morgan fingerprint density at radius 1 is 0.885 bits per heavy atom. The summed E-state index contributed by atoms with van der Waals surface area (Å²) in [5.41, 5.74) is 1.15. The molecular formula is C20H22FN3O2. The molecule has 2 aromatic carbocycles. The van der Waals surface area contributed by atoms with Crippen molar-refractivity contribution in [2.24, 2.45) is 0 Å². The molecule has 6 heteroatoms. The molecule has 0 bridgehead atoms. The van der Waals surface area contributed by atoms with Crippen LogP contribution in [0.1, 0.15) is 12.0 Å². The number of nitrogens with zero attached hydrogens (tertiary/aromatic N) is 2. The Balaban J connectivity index is 1.55. The van der Waals surface area contributed by atoms with Crippen LogP contribution in [0.5, 0.6) is 0 Å². The van der Waals surface area contributed by atoms with Crippen LogP contribution in [-0.4, -0.2) is 47.9 Å². The van der Waals surface area contributed by atoms with Crippen molar-refractivity contribution < 1.29 is 14.0 Å². The van der Waals surface area contributed by atoms with E-state index >= 15 is 0 Å². The fourth-order valence-corrected chi connectivity index (χ4v) is 3.01. The van der Waals surface area contributed by atoms with Crippen molar-refractivity contribution in [3.8, 4) is 0 Å². The Labute approximate surface area is 152 Å². The molecule has 0 radical (unpaired) electrons. The van der Waals surface area contributed by atoms with E-state index < -0.39 is 0 Å². The van der Waals surface area contributed by atoms with Crippen LogP contribution in [0.4, 0.5) is 14.9 Å². The zero-order valence-corrected chi connectivity index (χ0v) is 14.5. The minimum atomic E-state index is -0.362. The lowest BCUT2D eigenvalue weighted by Crippen LogP contribution is -2.39. The number of benzene rings is 2. The lowest BCUT2D eigenvalue weighted by atomic mass is 10.1. The van der Waals surface area contributed by atoms with Gasteiger partial charge in [-0.25, -0.2) is 9.18 Å². The van der Waals surface area contributed by atoms with Crippen molar-refractivity contribution in [2.75, 3.05) is 31.5 Å². The summed E-state index contributed by atoms with van der Waals surface area (Å²) in [6.45, 7) is 2.07. The summed E-state index contributed by atoms with van der Waals surface area (Å²) < 4.78 is 13.7. The molecule has 1 aliphatic heterocycles. The van der Waals surface area contributed by atoms with Crippen LogP contribution >= 0.6 is 0 Å². The normalized spacial score (nSPS) is 14.7. The first-order valence-electron chi connectivity index (χ1n) is 8.75. The summed E-state index contributed by atoms with van der Waals surface area (Å²) in [5.74, 6) is -0.472. The van der Waals surface area contributed by atoms with E-state index in [1.165, 1.54) is 6.07 Å². The average Bonchev–Trinajstić information content (AvgIpc) is 2.91. The number of carbonyl (C=O) groups is 2. The Bertz CT molecular complexity index is 767. The van der Waals surface area contributed by atoms with E-state index in [0.29, 0.717) is 38.2 Å². The van der Waals surface area contributed by atoms with Gasteiger partial charge in [-0.15, -0.1) is 0 Å². The number of halogens is 1. The zero-order chi connectivity index (χ0) is 18.4. The lowest BCUT2D eigenvalue weighted by molar-refractivity contribution is -0.130. The fourth-order valence-electron chi connectivity index (χ4n) is 3.01. The van der Waals surface area contributed by atoms with Crippen molar-refractivity contribution in [3.63, 3.8) is 0 Å². The zero-order valence-electron chi connectivity index (χ0n) is 14.5. The molecule has 0 saturated carbocycles. The molecule has 0 spiro atoms. The van der Waals surface area contributed by atoms with E-state index in [1.54, 1.807) is 28.0 Å². The van der Waals surface area contributed by atoms with Gasteiger partial charge in [0.05, 0.1) is 6.42 Å². The van der Waals surface area contributed by atoms with Crippen LogP contribution in [-0.2, 0) is 11.2 Å². The SMILES string of the molecule is O=C(Cc1ccccc1F)N1CCCN(C(=O)Nc2ccccc2)CC1. The van der Waals surface area contributed by atoms with E-state index in [-0.39, 0.29) is 24.2 Å². The second kappa shape index (κ2) is 8.47. The van der Waals surface area contributed by atoms with Crippen LogP contribution in [0.25, 0.3) is 0 Å². The van der Waals surface area contributed by atoms with Crippen LogP contribution in [0.3, 0.4) is 0 Å². The van der Waals surface area contributed by atoms with Gasteiger partial charge in [-0.2, -0.15) is 0 Å². The van der Waals surface area contributed by atoms with E-state index in [0.717, 1.165) is 5.69 Å². The van der Waals surface area contributed by atoms with Gasteiger partial charge in [0.2, 0.25) is 5.91 Å². The third-order valence-electron chi connectivity index (χ3n) is 4.46. The van der Waals surface area contributed by atoms with Gasteiger partial charge < -0.3 is 15.1 Å². The first-order valence-corrected chi connectivity index (χ1v) is 8.75. The van der Waals surface area contributed by atoms with E-state index in [2.05, 4.69) is 5.32 Å². The van der Waals surface area contributed by atoms with E-state index in [9.17, 15) is 14.0 Å². The average molecular weight is 355 g/mol. The largest absolute Gasteiger partial charge is 0.341 e. The van der Waals surface area contributed by atoms with Gasteiger partial charge in [-0.3, -0.25) is 4.79 Å². The molecular weight excluding hydrogens is 333 g/mol. The molecule has 1 saturated heterocycles. The third-order valence-corrected chi connectivity index (χ3v) is 4.46. The molecule has 136 valence electrons. The Kier molecular flexibility index (Phi) is 5.84. The molecule has 0 aromatic heterocycles. The molecule has 26 heavy (non-hydrogen) atoms. The molecule has 1 heterocycles. The highest BCUT2D eigenvalue weighted by Crippen LogP contribution is 2.12. The summed E-state index contributed by atoms with van der Waals surface area (Å²) in [7, 11) is 0. The van der Waals surface area contributed by atoms with E-state index in [4.69, 9.17) is 0 Å². The highest BCUT2D eigenvalue weighted by Gasteiger charge is 2.22. The third kappa shape index (κ3) is 4.59. The summed E-state index contributed by atoms with van der Waals surface area (Å²) in [6.07, 6.45) is 0.744. The number of carbonyl (C=O) groups excluding carboxylic acids is 2. The van der Waals surface area contributed by atoms with Crippen LogP contribution < -0.4 is 5.32 Å². The molecule has 5 nitrogen and oxygen atoms in total. The molecule has 1 aliphatic rings. The fraction of sp³-hybridized carbons (Fsp3) is 0.300. The topological polar surface area (TPSA) is 52.7 Å². The van der Waals surface area contributed by atoms with Gasteiger partial charge in [0.15, 0.2) is 0 Å². The summed E-state index contributed by atoms with van der Waals surface area (Å²) in [5, 5.41) is 2.86. The maximum Gasteiger partial charge on any atom is 0.321 e. The van der Waals surface area contributed by atoms with E-state index in [1.807, 2.05) is 30.3 Å². The van der Waals surface area contributed by atoms with Crippen LogP contribution in [0.15, 0.2) is 54.6 Å². The van der Waals surface area contributed by atoms with Gasteiger partial charge in [0.25, 0.3) is 0 Å². The molecule has 0 aliphatic carbocycles. The predicted molar refractivity (Wildman–Crippen MR) is 98.3 cm³/mol. The molecule has 2 aromatic rings. The Morgan fingerprint density at radius 3 is 2.31 bits per heavy atom. The summed E-state index contributed by atoms with van der Waals surface area (Å²) >= 11 is 0.